The molecule has 0 spiro atoms. The van der Waals surface area contributed by atoms with Crippen molar-refractivity contribution in [2.24, 2.45) is 0 Å². The summed E-state index contributed by atoms with van der Waals surface area (Å²) in [5.41, 5.74) is 0.500. The highest BCUT2D eigenvalue weighted by Gasteiger charge is 2.21. The lowest BCUT2D eigenvalue weighted by molar-refractivity contribution is -0.153. The predicted molar refractivity (Wildman–Crippen MR) is 69.8 cm³/mol. The van der Waals surface area contributed by atoms with Gasteiger partial charge in [0.15, 0.2) is 0 Å². The monoisotopic (exact) mass is 251 g/mol. The van der Waals surface area contributed by atoms with Crippen LogP contribution in [0.2, 0.25) is 0 Å². The van der Waals surface area contributed by atoms with E-state index in [0.717, 1.165) is 5.56 Å². The third-order valence-electron chi connectivity index (χ3n) is 2.11. The summed E-state index contributed by atoms with van der Waals surface area (Å²) >= 11 is 0. The van der Waals surface area contributed by atoms with Crippen LogP contribution in [0.15, 0.2) is 30.3 Å². The van der Waals surface area contributed by atoms with Gasteiger partial charge in [0, 0.05) is 6.54 Å². The van der Waals surface area contributed by atoms with Crippen molar-refractivity contribution in [3.8, 4) is 0 Å². The molecule has 4 nitrogen and oxygen atoms in total. The van der Waals surface area contributed by atoms with Gasteiger partial charge in [-0.1, -0.05) is 30.3 Å². The van der Waals surface area contributed by atoms with E-state index in [-0.39, 0.29) is 0 Å². The van der Waals surface area contributed by atoms with Gasteiger partial charge in [-0.05, 0) is 33.3 Å². The highest BCUT2D eigenvalue weighted by atomic mass is 16.7. The van der Waals surface area contributed by atoms with Crippen molar-refractivity contribution in [2.45, 2.75) is 39.9 Å². The van der Waals surface area contributed by atoms with E-state index in [1.165, 1.54) is 5.06 Å². The molecule has 0 aliphatic carbocycles. The van der Waals surface area contributed by atoms with E-state index in [9.17, 15) is 4.79 Å². The largest absolute Gasteiger partial charge is 0.442 e. The number of ether oxygens (including phenoxy) is 1. The summed E-state index contributed by atoms with van der Waals surface area (Å²) in [7, 11) is 0. The van der Waals surface area contributed by atoms with Crippen molar-refractivity contribution < 1.29 is 14.4 Å². The summed E-state index contributed by atoms with van der Waals surface area (Å²) in [6, 6.07) is 9.70. The Balaban J connectivity index is 2.50. The topological polar surface area (TPSA) is 38.8 Å². The van der Waals surface area contributed by atoms with Crippen molar-refractivity contribution >= 4 is 6.09 Å². The molecule has 4 heteroatoms. The van der Waals surface area contributed by atoms with Crippen LogP contribution in [-0.2, 0) is 16.2 Å². The van der Waals surface area contributed by atoms with E-state index in [1.807, 2.05) is 58.0 Å². The Labute approximate surface area is 108 Å². The molecule has 0 aliphatic heterocycles. The number of carbonyl (C=O) groups is 1. The Morgan fingerprint density at radius 3 is 2.33 bits per heavy atom. The van der Waals surface area contributed by atoms with Crippen LogP contribution >= 0.6 is 0 Å². The lowest BCUT2D eigenvalue weighted by Crippen LogP contribution is -2.36. The second-order valence-corrected chi connectivity index (χ2v) is 4.93. The molecule has 0 unspecified atom stereocenters. The number of rotatable bonds is 4. The first-order chi connectivity index (χ1) is 8.42. The lowest BCUT2D eigenvalue weighted by atomic mass is 10.2. The van der Waals surface area contributed by atoms with Crippen molar-refractivity contribution in [3.63, 3.8) is 0 Å². The van der Waals surface area contributed by atoms with Crippen LogP contribution in [-0.4, -0.2) is 23.3 Å². The number of carbonyl (C=O) groups excluding carboxylic acids is 1. The SMILES string of the molecule is CCN(OCc1ccccc1)C(=O)OC(C)(C)C. The quantitative estimate of drug-likeness (QED) is 0.770. The summed E-state index contributed by atoms with van der Waals surface area (Å²) in [6.45, 7) is 8.13. The van der Waals surface area contributed by atoms with Crippen molar-refractivity contribution in [3.05, 3.63) is 35.9 Å². The van der Waals surface area contributed by atoms with Crippen molar-refractivity contribution in [1.82, 2.24) is 5.06 Å². The molecule has 0 saturated heterocycles. The Morgan fingerprint density at radius 2 is 1.83 bits per heavy atom. The average Bonchev–Trinajstić information content (AvgIpc) is 2.29. The van der Waals surface area contributed by atoms with Gasteiger partial charge in [0.25, 0.3) is 0 Å². The highest BCUT2D eigenvalue weighted by Crippen LogP contribution is 2.11. The molecule has 0 saturated carbocycles. The lowest BCUT2D eigenvalue weighted by Gasteiger charge is -2.25. The van der Waals surface area contributed by atoms with Gasteiger partial charge in [-0.25, -0.2) is 4.79 Å². The van der Waals surface area contributed by atoms with Crippen LogP contribution in [0, 0.1) is 0 Å². The van der Waals surface area contributed by atoms with E-state index in [4.69, 9.17) is 9.57 Å². The molecule has 0 atom stereocenters. The molecule has 1 aromatic rings. The highest BCUT2D eigenvalue weighted by molar-refractivity contribution is 5.66. The Hall–Kier alpha value is -1.55. The molecule has 100 valence electrons. The molecule has 0 fully saturated rings. The summed E-state index contributed by atoms with van der Waals surface area (Å²) in [6.07, 6.45) is -0.457. The molecule has 0 N–H and O–H groups in total. The van der Waals surface area contributed by atoms with Gasteiger partial charge >= 0.3 is 6.09 Å². The zero-order valence-corrected chi connectivity index (χ0v) is 11.5. The summed E-state index contributed by atoms with van der Waals surface area (Å²) in [4.78, 5) is 17.2. The fourth-order valence-electron chi connectivity index (χ4n) is 1.31. The zero-order valence-electron chi connectivity index (χ0n) is 11.5. The molecule has 1 rings (SSSR count). The molecular weight excluding hydrogens is 230 g/mol. The first-order valence-corrected chi connectivity index (χ1v) is 6.09. The fourth-order valence-corrected chi connectivity index (χ4v) is 1.31. The fraction of sp³-hybridized carbons (Fsp3) is 0.500. The zero-order chi connectivity index (χ0) is 13.6. The molecule has 0 radical (unpaired) electrons. The van der Waals surface area contributed by atoms with Gasteiger partial charge in [-0.15, -0.1) is 0 Å². The van der Waals surface area contributed by atoms with Crippen LogP contribution in [0.1, 0.15) is 33.3 Å². The standard InChI is InChI=1S/C14H21NO3/c1-5-15(13(16)18-14(2,3)4)17-11-12-9-7-6-8-10-12/h6-10H,5,11H2,1-4H3. The maximum atomic E-state index is 11.8. The molecule has 0 aliphatic rings. The average molecular weight is 251 g/mol. The number of hydroxylamine groups is 2. The maximum absolute atomic E-state index is 11.8. The molecular formula is C14H21NO3. The Morgan fingerprint density at radius 1 is 1.22 bits per heavy atom. The minimum Gasteiger partial charge on any atom is -0.442 e. The minimum atomic E-state index is -0.513. The molecule has 18 heavy (non-hydrogen) atoms. The van der Waals surface area contributed by atoms with Gasteiger partial charge in [0.2, 0.25) is 0 Å². The minimum absolute atomic E-state index is 0.355. The van der Waals surface area contributed by atoms with Crippen LogP contribution in [0.4, 0.5) is 4.79 Å². The first kappa shape index (κ1) is 14.5. The van der Waals surface area contributed by atoms with Crippen LogP contribution < -0.4 is 0 Å². The van der Waals surface area contributed by atoms with E-state index in [2.05, 4.69) is 0 Å². The summed E-state index contributed by atoms with van der Waals surface area (Å²) in [5, 5.41) is 1.23. The van der Waals surface area contributed by atoms with E-state index < -0.39 is 11.7 Å². The first-order valence-electron chi connectivity index (χ1n) is 6.09. The normalized spacial score (nSPS) is 11.1. The number of amides is 1. The van der Waals surface area contributed by atoms with Gasteiger partial charge in [0.1, 0.15) is 12.2 Å². The second-order valence-electron chi connectivity index (χ2n) is 4.93. The van der Waals surface area contributed by atoms with Gasteiger partial charge in [-0.2, -0.15) is 5.06 Å². The van der Waals surface area contributed by atoms with E-state index in [1.54, 1.807) is 0 Å². The Kier molecular flexibility index (Phi) is 5.16. The second kappa shape index (κ2) is 6.40. The third-order valence-corrected chi connectivity index (χ3v) is 2.11. The van der Waals surface area contributed by atoms with Gasteiger partial charge < -0.3 is 4.74 Å². The van der Waals surface area contributed by atoms with Crippen molar-refractivity contribution in [1.29, 1.82) is 0 Å². The number of hydrogen-bond donors (Lipinski definition) is 0. The van der Waals surface area contributed by atoms with E-state index >= 15 is 0 Å². The van der Waals surface area contributed by atoms with Crippen LogP contribution in [0.5, 0.6) is 0 Å². The van der Waals surface area contributed by atoms with Gasteiger partial charge in [-0.3, -0.25) is 4.84 Å². The predicted octanol–water partition coefficient (Wildman–Crippen LogP) is 3.38. The molecule has 0 bridgehead atoms. The van der Waals surface area contributed by atoms with Gasteiger partial charge in [0.05, 0.1) is 0 Å². The number of nitrogens with zero attached hydrogens (tertiary/aromatic N) is 1. The molecule has 0 heterocycles. The molecule has 1 aromatic carbocycles. The number of benzene rings is 1. The summed E-state index contributed by atoms with van der Waals surface area (Å²) in [5.74, 6) is 0. The van der Waals surface area contributed by atoms with Crippen LogP contribution in [0.25, 0.3) is 0 Å². The summed E-state index contributed by atoms with van der Waals surface area (Å²) < 4.78 is 5.24. The molecule has 1 amide bonds. The smallest absolute Gasteiger partial charge is 0.434 e. The van der Waals surface area contributed by atoms with Crippen molar-refractivity contribution in [2.75, 3.05) is 6.54 Å². The third kappa shape index (κ3) is 5.19. The number of hydrogen-bond acceptors (Lipinski definition) is 3. The van der Waals surface area contributed by atoms with E-state index in [0.29, 0.717) is 13.2 Å². The Bertz CT molecular complexity index is 370. The van der Waals surface area contributed by atoms with Crippen LogP contribution in [0.3, 0.4) is 0 Å². The molecule has 0 aromatic heterocycles. The maximum Gasteiger partial charge on any atom is 0.434 e.